The average Bonchev–Trinajstić information content (AvgIpc) is 3.14. The Kier molecular flexibility index (Phi) is 7.99. The standard InChI is InChI=1S/C27H28Cl3NO4/c1-2-3-4-5-7-17-10-15-22-21(16-17)24-20(26(33)34)8-6-9-23(24)31(22)25(32)18-11-13-19(14-12-18)35-27(28,29)30/h10-16,20H,2-9H2,1H3,(H,33,34). The minimum Gasteiger partial charge on any atom is -0.481 e. The predicted molar refractivity (Wildman–Crippen MR) is 140 cm³/mol. The van der Waals surface area contributed by atoms with Crippen LogP contribution in [0.25, 0.3) is 10.9 Å². The minimum atomic E-state index is -1.90. The van der Waals surface area contributed by atoms with Gasteiger partial charge in [0.15, 0.2) is 0 Å². The van der Waals surface area contributed by atoms with Gasteiger partial charge in [0.25, 0.3) is 5.91 Å². The average molecular weight is 537 g/mol. The molecule has 0 radical (unpaired) electrons. The summed E-state index contributed by atoms with van der Waals surface area (Å²) in [4.78, 5) is 25.8. The van der Waals surface area contributed by atoms with Crippen molar-refractivity contribution in [3.63, 3.8) is 0 Å². The summed E-state index contributed by atoms with van der Waals surface area (Å²) in [5.74, 6) is -1.37. The maximum Gasteiger partial charge on any atom is 0.338 e. The lowest BCUT2D eigenvalue weighted by atomic mass is 9.85. The van der Waals surface area contributed by atoms with Gasteiger partial charge in [-0.3, -0.25) is 14.2 Å². The third kappa shape index (κ3) is 5.79. The van der Waals surface area contributed by atoms with Crippen LogP contribution >= 0.6 is 34.8 Å². The second kappa shape index (κ2) is 10.8. The first-order chi connectivity index (χ1) is 16.7. The molecule has 0 fully saturated rings. The van der Waals surface area contributed by atoms with E-state index in [-0.39, 0.29) is 5.91 Å². The van der Waals surface area contributed by atoms with Gasteiger partial charge in [-0.05, 0) is 114 Å². The van der Waals surface area contributed by atoms with E-state index in [0.717, 1.165) is 35.0 Å². The molecule has 1 heterocycles. The summed E-state index contributed by atoms with van der Waals surface area (Å²) in [5, 5.41) is 10.8. The number of ether oxygens (including phenoxy) is 1. The molecule has 1 N–H and O–H groups in total. The van der Waals surface area contributed by atoms with E-state index in [1.807, 2.05) is 6.07 Å². The Morgan fingerprint density at radius 1 is 1.09 bits per heavy atom. The number of aromatic nitrogens is 1. The maximum atomic E-state index is 13.7. The first-order valence-corrected chi connectivity index (χ1v) is 13.1. The van der Waals surface area contributed by atoms with Crippen LogP contribution in [0.2, 0.25) is 0 Å². The van der Waals surface area contributed by atoms with Crippen LogP contribution < -0.4 is 4.74 Å². The molecule has 35 heavy (non-hydrogen) atoms. The molecule has 0 aliphatic heterocycles. The third-order valence-corrected chi connectivity index (χ3v) is 6.81. The Labute approximate surface area is 219 Å². The molecule has 8 heteroatoms. The van der Waals surface area contributed by atoms with Gasteiger partial charge < -0.3 is 9.84 Å². The van der Waals surface area contributed by atoms with E-state index in [4.69, 9.17) is 39.5 Å². The first-order valence-electron chi connectivity index (χ1n) is 12.0. The molecule has 0 spiro atoms. The van der Waals surface area contributed by atoms with Gasteiger partial charge in [-0.15, -0.1) is 0 Å². The summed E-state index contributed by atoms with van der Waals surface area (Å²) in [5.41, 5.74) is 3.91. The number of aliphatic carboxylic acids is 1. The topological polar surface area (TPSA) is 68.5 Å². The molecule has 1 unspecified atom stereocenters. The molecule has 1 aliphatic carbocycles. The minimum absolute atomic E-state index is 0.224. The molecule has 1 aliphatic rings. The molecule has 2 aromatic carbocycles. The highest BCUT2D eigenvalue weighted by atomic mass is 35.6. The Balaban J connectivity index is 1.76. The van der Waals surface area contributed by atoms with Crippen molar-refractivity contribution in [2.75, 3.05) is 0 Å². The van der Waals surface area contributed by atoms with Gasteiger partial charge in [0.1, 0.15) is 5.75 Å². The number of aryl methyl sites for hydroxylation is 1. The zero-order valence-corrected chi connectivity index (χ0v) is 21.8. The SMILES string of the molecule is CCCCCCc1ccc2c(c1)c1c(n2C(=O)c2ccc(OC(Cl)(Cl)Cl)cc2)CCCC1C(=O)O. The number of alkyl halides is 3. The Hall–Kier alpha value is -2.21. The van der Waals surface area contributed by atoms with E-state index in [1.54, 1.807) is 28.8 Å². The van der Waals surface area contributed by atoms with Crippen LogP contribution in [0.4, 0.5) is 0 Å². The number of carbonyl (C=O) groups is 2. The lowest BCUT2D eigenvalue weighted by molar-refractivity contribution is -0.139. The van der Waals surface area contributed by atoms with E-state index in [2.05, 4.69) is 19.1 Å². The Bertz CT molecular complexity index is 1230. The molecule has 0 saturated heterocycles. The fourth-order valence-electron chi connectivity index (χ4n) is 4.99. The van der Waals surface area contributed by atoms with Crippen LogP contribution in [-0.4, -0.2) is 25.5 Å². The highest BCUT2D eigenvalue weighted by Crippen LogP contribution is 2.40. The van der Waals surface area contributed by atoms with Crippen molar-refractivity contribution >= 4 is 57.6 Å². The number of halogens is 3. The predicted octanol–water partition coefficient (Wildman–Crippen LogP) is 7.66. The summed E-state index contributed by atoms with van der Waals surface area (Å²) < 4.78 is 4.99. The molecule has 1 atom stereocenters. The maximum absolute atomic E-state index is 13.7. The van der Waals surface area contributed by atoms with Gasteiger partial charge in [-0.25, -0.2) is 0 Å². The smallest absolute Gasteiger partial charge is 0.338 e. The summed E-state index contributed by atoms with van der Waals surface area (Å²) in [6.07, 6.45) is 7.51. The van der Waals surface area contributed by atoms with Crippen LogP contribution in [0, 0.1) is 0 Å². The molecule has 0 bridgehead atoms. The molecule has 0 amide bonds. The van der Waals surface area contributed by atoms with E-state index >= 15 is 0 Å². The number of nitrogens with zero attached hydrogens (tertiary/aromatic N) is 1. The monoisotopic (exact) mass is 535 g/mol. The van der Waals surface area contributed by atoms with Crippen molar-refractivity contribution in [1.29, 1.82) is 0 Å². The number of carboxylic acid groups (broad SMARTS) is 1. The van der Waals surface area contributed by atoms with Gasteiger partial charge >= 0.3 is 9.95 Å². The van der Waals surface area contributed by atoms with Gasteiger partial charge in [0.2, 0.25) is 0 Å². The van der Waals surface area contributed by atoms with Gasteiger partial charge in [0, 0.05) is 16.6 Å². The summed E-state index contributed by atoms with van der Waals surface area (Å²) in [6.45, 7) is 2.19. The van der Waals surface area contributed by atoms with Crippen LogP contribution in [0.1, 0.15) is 78.5 Å². The Morgan fingerprint density at radius 3 is 2.49 bits per heavy atom. The van der Waals surface area contributed by atoms with Crippen LogP contribution in [0.15, 0.2) is 42.5 Å². The highest BCUT2D eigenvalue weighted by Gasteiger charge is 2.33. The normalized spacial score (nSPS) is 15.7. The van der Waals surface area contributed by atoms with Crippen LogP contribution in [-0.2, 0) is 17.6 Å². The lowest BCUT2D eigenvalue weighted by Gasteiger charge is -2.21. The number of carboxylic acids is 1. The van der Waals surface area contributed by atoms with Crippen molar-refractivity contribution in [3.8, 4) is 5.75 Å². The zero-order chi connectivity index (χ0) is 25.2. The van der Waals surface area contributed by atoms with Crippen molar-refractivity contribution in [2.24, 2.45) is 0 Å². The van der Waals surface area contributed by atoms with Crippen molar-refractivity contribution in [2.45, 2.75) is 68.2 Å². The highest BCUT2D eigenvalue weighted by molar-refractivity contribution is 6.66. The van der Waals surface area contributed by atoms with Crippen molar-refractivity contribution in [3.05, 3.63) is 64.8 Å². The number of fused-ring (bicyclic) bond motifs is 3. The van der Waals surface area contributed by atoms with E-state index in [0.29, 0.717) is 30.6 Å². The molecular formula is C27H28Cl3NO4. The van der Waals surface area contributed by atoms with Crippen LogP contribution in [0.3, 0.4) is 0 Å². The number of rotatable bonds is 8. The third-order valence-electron chi connectivity index (χ3n) is 6.58. The van der Waals surface area contributed by atoms with E-state index in [9.17, 15) is 14.7 Å². The van der Waals surface area contributed by atoms with E-state index < -0.39 is 15.9 Å². The van der Waals surface area contributed by atoms with Gasteiger partial charge in [0.05, 0.1) is 11.4 Å². The largest absolute Gasteiger partial charge is 0.481 e. The van der Waals surface area contributed by atoms with Gasteiger partial charge in [-0.2, -0.15) is 0 Å². The first kappa shape index (κ1) is 25.9. The number of hydrogen-bond donors (Lipinski definition) is 1. The number of hydrogen-bond acceptors (Lipinski definition) is 3. The number of unbranched alkanes of at least 4 members (excludes halogenated alkanes) is 3. The molecule has 186 valence electrons. The summed E-state index contributed by atoms with van der Waals surface area (Å²) in [6, 6.07) is 12.5. The van der Waals surface area contributed by atoms with Gasteiger partial charge in [-0.1, -0.05) is 32.3 Å². The molecule has 0 saturated carbocycles. The number of carbonyl (C=O) groups excluding carboxylic acids is 1. The molecular weight excluding hydrogens is 509 g/mol. The summed E-state index contributed by atoms with van der Waals surface area (Å²) >= 11 is 17.1. The number of benzene rings is 2. The molecule has 1 aromatic heterocycles. The van der Waals surface area contributed by atoms with Crippen molar-refractivity contribution in [1.82, 2.24) is 4.57 Å². The molecule has 5 nitrogen and oxygen atoms in total. The molecule has 4 rings (SSSR count). The second-order valence-electron chi connectivity index (χ2n) is 9.02. The lowest BCUT2D eigenvalue weighted by Crippen LogP contribution is -2.21. The van der Waals surface area contributed by atoms with Crippen molar-refractivity contribution < 1.29 is 19.4 Å². The molecule has 3 aromatic rings. The quantitative estimate of drug-likeness (QED) is 0.237. The Morgan fingerprint density at radius 2 is 1.83 bits per heavy atom. The fourth-order valence-corrected chi connectivity index (χ4v) is 5.25. The van der Waals surface area contributed by atoms with Crippen LogP contribution in [0.5, 0.6) is 5.75 Å². The van der Waals surface area contributed by atoms with E-state index in [1.165, 1.54) is 24.8 Å². The fraction of sp³-hybridized carbons (Fsp3) is 0.407. The second-order valence-corrected chi connectivity index (χ2v) is 11.2. The zero-order valence-electron chi connectivity index (χ0n) is 19.5. The summed E-state index contributed by atoms with van der Waals surface area (Å²) in [7, 11) is 0.